The molecule has 3 aromatic carbocycles. The number of likely N-dealkylation sites (N-methyl/N-ethyl adjacent to an activating group) is 1. The van der Waals surface area contributed by atoms with Crippen molar-refractivity contribution in [1.29, 1.82) is 0 Å². The minimum atomic E-state index is -0.946. The molecule has 0 aliphatic rings. The average molecular weight is 544 g/mol. The molecule has 0 fully saturated rings. The second-order valence-corrected chi connectivity index (χ2v) is 11.1. The summed E-state index contributed by atoms with van der Waals surface area (Å²) < 4.78 is 5.48. The Kier molecular flexibility index (Phi) is 10.1. The van der Waals surface area contributed by atoms with Gasteiger partial charge in [-0.15, -0.1) is 0 Å². The lowest BCUT2D eigenvalue weighted by Gasteiger charge is -2.34. The Morgan fingerprint density at radius 1 is 0.850 bits per heavy atom. The van der Waals surface area contributed by atoms with Crippen LogP contribution in [-0.2, 0) is 20.7 Å². The molecular weight excluding hydrogens is 502 g/mol. The number of anilines is 1. The largest absolute Gasteiger partial charge is 0.444 e. The molecule has 0 radical (unpaired) electrons. The highest BCUT2D eigenvalue weighted by Gasteiger charge is 2.36. The molecule has 0 aliphatic heterocycles. The molecule has 3 aromatic rings. The number of para-hydroxylation sites is 1. The number of ether oxygens (including phenoxy) is 1. The normalized spacial score (nSPS) is 12.7. The number of carbonyl (C=O) groups is 3. The molecule has 0 aromatic heterocycles. The molecule has 2 atom stereocenters. The molecule has 40 heavy (non-hydrogen) atoms. The second-order valence-electron chi connectivity index (χ2n) is 11.1. The maximum atomic E-state index is 14.2. The van der Waals surface area contributed by atoms with Crippen molar-refractivity contribution in [3.63, 3.8) is 0 Å². The zero-order valence-electron chi connectivity index (χ0n) is 24.6. The second kappa shape index (κ2) is 13.3. The van der Waals surface area contributed by atoms with Gasteiger partial charge < -0.3 is 20.3 Å². The van der Waals surface area contributed by atoms with E-state index in [4.69, 9.17) is 4.74 Å². The van der Waals surface area contributed by atoms with Crippen LogP contribution in [0.25, 0.3) is 0 Å². The average Bonchev–Trinajstić information content (AvgIpc) is 2.89. The van der Waals surface area contributed by atoms with Crippen molar-refractivity contribution in [1.82, 2.24) is 10.2 Å². The van der Waals surface area contributed by atoms with Gasteiger partial charge in [-0.1, -0.05) is 78.4 Å². The Labute approximate surface area is 237 Å². The molecular formula is C33H41N3O4. The third kappa shape index (κ3) is 8.18. The molecule has 7 heteroatoms. The van der Waals surface area contributed by atoms with Gasteiger partial charge in [0.2, 0.25) is 5.91 Å². The van der Waals surface area contributed by atoms with Crippen LogP contribution in [0, 0.1) is 20.8 Å². The molecule has 0 aliphatic carbocycles. The fourth-order valence-electron chi connectivity index (χ4n) is 4.59. The molecule has 0 heterocycles. The lowest BCUT2D eigenvalue weighted by molar-refractivity contribution is -0.140. The first-order valence-corrected chi connectivity index (χ1v) is 13.7. The van der Waals surface area contributed by atoms with Crippen molar-refractivity contribution in [3.8, 4) is 0 Å². The number of hydrogen-bond acceptors (Lipinski definition) is 4. The lowest BCUT2D eigenvalue weighted by Crippen LogP contribution is -2.53. The minimum absolute atomic E-state index is 0.245. The van der Waals surface area contributed by atoms with Crippen LogP contribution in [0.5, 0.6) is 0 Å². The number of rotatable bonds is 9. The van der Waals surface area contributed by atoms with E-state index in [1.165, 1.54) is 4.90 Å². The first-order chi connectivity index (χ1) is 18.9. The van der Waals surface area contributed by atoms with E-state index in [2.05, 4.69) is 10.6 Å². The third-order valence-electron chi connectivity index (χ3n) is 6.58. The van der Waals surface area contributed by atoms with Crippen LogP contribution in [0.3, 0.4) is 0 Å². The van der Waals surface area contributed by atoms with E-state index in [0.717, 1.165) is 27.9 Å². The molecule has 2 N–H and O–H groups in total. The van der Waals surface area contributed by atoms with Crippen molar-refractivity contribution in [2.75, 3.05) is 11.9 Å². The van der Waals surface area contributed by atoms with Crippen LogP contribution in [0.15, 0.2) is 72.8 Å². The zero-order chi connectivity index (χ0) is 29.4. The van der Waals surface area contributed by atoms with Gasteiger partial charge in [-0.25, -0.2) is 4.79 Å². The maximum Gasteiger partial charge on any atom is 0.408 e. The van der Waals surface area contributed by atoms with Crippen molar-refractivity contribution in [2.45, 2.75) is 72.6 Å². The Morgan fingerprint density at radius 2 is 1.45 bits per heavy atom. The van der Waals surface area contributed by atoms with Crippen molar-refractivity contribution >= 4 is 23.6 Å². The summed E-state index contributed by atoms with van der Waals surface area (Å²) in [6.45, 7) is 13.2. The highest BCUT2D eigenvalue weighted by Crippen LogP contribution is 2.27. The van der Waals surface area contributed by atoms with Crippen LogP contribution in [0.2, 0.25) is 0 Å². The van der Waals surface area contributed by atoms with Crippen LogP contribution >= 0.6 is 0 Å². The van der Waals surface area contributed by atoms with Gasteiger partial charge in [0, 0.05) is 18.7 Å². The smallest absolute Gasteiger partial charge is 0.408 e. The first kappa shape index (κ1) is 30.4. The Balaban J connectivity index is 2.02. The van der Waals surface area contributed by atoms with E-state index in [-0.39, 0.29) is 24.8 Å². The fourth-order valence-corrected chi connectivity index (χ4v) is 4.59. The van der Waals surface area contributed by atoms with Crippen LogP contribution in [-0.4, -0.2) is 41.0 Å². The van der Waals surface area contributed by atoms with Gasteiger partial charge in [0.05, 0.1) is 0 Å². The third-order valence-corrected chi connectivity index (χ3v) is 6.58. The number of nitrogens with zero attached hydrogens (tertiary/aromatic N) is 1. The predicted molar refractivity (Wildman–Crippen MR) is 159 cm³/mol. The predicted octanol–water partition coefficient (Wildman–Crippen LogP) is 6.28. The lowest BCUT2D eigenvalue weighted by atomic mass is 9.99. The molecule has 0 spiro atoms. The maximum absolute atomic E-state index is 14.2. The van der Waals surface area contributed by atoms with Crippen molar-refractivity contribution in [3.05, 3.63) is 101 Å². The number of nitrogens with one attached hydrogen (secondary N) is 2. The van der Waals surface area contributed by atoms with E-state index in [1.54, 1.807) is 20.8 Å². The summed E-state index contributed by atoms with van der Waals surface area (Å²) in [6.07, 6.45) is -0.445. The Morgan fingerprint density at radius 3 is 2.00 bits per heavy atom. The number of hydrogen-bond donors (Lipinski definition) is 2. The van der Waals surface area contributed by atoms with Gasteiger partial charge in [0.1, 0.15) is 17.7 Å². The van der Waals surface area contributed by atoms with Crippen LogP contribution in [0.4, 0.5) is 10.5 Å². The topological polar surface area (TPSA) is 87.7 Å². The SMILES string of the molecule is CCN(C(=O)C(Cc1ccccc1)NC(=O)OC(C)(C)C)C(C(=O)Nc1c(C)cccc1C)c1ccc(C)cc1. The van der Waals surface area contributed by atoms with Gasteiger partial charge in [0.15, 0.2) is 0 Å². The highest BCUT2D eigenvalue weighted by atomic mass is 16.6. The molecule has 0 bridgehead atoms. The number of amides is 3. The minimum Gasteiger partial charge on any atom is -0.444 e. The van der Waals surface area contributed by atoms with E-state index in [1.807, 2.05) is 100 Å². The fraction of sp³-hybridized carbons (Fsp3) is 0.364. The quantitative estimate of drug-likeness (QED) is 0.333. The summed E-state index contributed by atoms with van der Waals surface area (Å²) in [5.41, 5.74) is 4.45. The molecule has 0 saturated carbocycles. The molecule has 2 unspecified atom stereocenters. The summed E-state index contributed by atoms with van der Waals surface area (Å²) >= 11 is 0. The summed E-state index contributed by atoms with van der Waals surface area (Å²) in [5, 5.41) is 5.85. The highest BCUT2D eigenvalue weighted by molar-refractivity contribution is 6.00. The summed E-state index contributed by atoms with van der Waals surface area (Å²) in [5.74, 6) is -0.702. The number of benzene rings is 3. The molecule has 212 valence electrons. The van der Waals surface area contributed by atoms with Gasteiger partial charge in [0.25, 0.3) is 5.91 Å². The van der Waals surface area contributed by atoms with Gasteiger partial charge in [-0.05, 0) is 70.7 Å². The molecule has 3 amide bonds. The van der Waals surface area contributed by atoms with Crippen LogP contribution in [0.1, 0.15) is 61.6 Å². The molecule has 3 rings (SSSR count). The van der Waals surface area contributed by atoms with E-state index in [0.29, 0.717) is 5.56 Å². The summed E-state index contributed by atoms with van der Waals surface area (Å²) in [4.78, 5) is 42.6. The molecule has 7 nitrogen and oxygen atoms in total. The Hall–Kier alpha value is -4.13. The standard InChI is InChI=1S/C33H41N3O4/c1-8-36(31(38)27(21-25-15-10-9-11-16-25)34-32(39)40-33(5,6)7)29(26-19-17-22(2)18-20-26)30(37)35-28-23(3)13-12-14-24(28)4/h9-20,27,29H,8,21H2,1-7H3,(H,34,39)(H,35,37). The van der Waals surface area contributed by atoms with E-state index in [9.17, 15) is 14.4 Å². The van der Waals surface area contributed by atoms with Gasteiger partial charge >= 0.3 is 6.09 Å². The van der Waals surface area contributed by atoms with Crippen molar-refractivity contribution in [2.24, 2.45) is 0 Å². The first-order valence-electron chi connectivity index (χ1n) is 13.7. The summed E-state index contributed by atoms with van der Waals surface area (Å²) in [7, 11) is 0. The number of carbonyl (C=O) groups excluding carboxylic acids is 3. The van der Waals surface area contributed by atoms with Crippen molar-refractivity contribution < 1.29 is 19.1 Å². The van der Waals surface area contributed by atoms with Gasteiger partial charge in [-0.2, -0.15) is 0 Å². The Bertz CT molecular complexity index is 1290. The molecule has 0 saturated heterocycles. The zero-order valence-corrected chi connectivity index (χ0v) is 24.6. The van der Waals surface area contributed by atoms with Gasteiger partial charge in [-0.3, -0.25) is 9.59 Å². The monoisotopic (exact) mass is 543 g/mol. The number of alkyl carbamates (subject to hydrolysis) is 1. The summed E-state index contributed by atoms with van der Waals surface area (Å²) in [6, 6.07) is 21.0. The van der Waals surface area contributed by atoms with E-state index < -0.39 is 23.8 Å². The van der Waals surface area contributed by atoms with Crippen LogP contribution < -0.4 is 10.6 Å². The number of aryl methyl sites for hydroxylation is 3. The van der Waals surface area contributed by atoms with E-state index >= 15 is 0 Å².